The van der Waals surface area contributed by atoms with Gasteiger partial charge < -0.3 is 10.0 Å². The molecule has 1 amide bonds. The van der Waals surface area contributed by atoms with Crippen molar-refractivity contribution in [3.8, 4) is 12.3 Å². The molecule has 2 aromatic rings. The third-order valence-electron chi connectivity index (χ3n) is 3.48. The van der Waals surface area contributed by atoms with Crippen LogP contribution < -0.4 is 0 Å². The van der Waals surface area contributed by atoms with Crippen molar-refractivity contribution in [2.24, 2.45) is 0 Å². The van der Waals surface area contributed by atoms with Crippen LogP contribution in [0.15, 0.2) is 60.7 Å². The van der Waals surface area contributed by atoms with E-state index in [-0.39, 0.29) is 18.9 Å². The van der Waals surface area contributed by atoms with Gasteiger partial charge in [-0.15, -0.1) is 6.42 Å². The van der Waals surface area contributed by atoms with Crippen LogP contribution in [0.1, 0.15) is 15.9 Å². The molecule has 2 rings (SSSR count). The summed E-state index contributed by atoms with van der Waals surface area (Å²) in [4.78, 5) is 25.6. The molecule has 0 radical (unpaired) electrons. The highest BCUT2D eigenvalue weighted by Crippen LogP contribution is 2.13. The maximum Gasteiger partial charge on any atom is 0.326 e. The number of nitrogens with zero attached hydrogens (tertiary/aromatic N) is 1. The number of hydrogen-bond donors (Lipinski definition) is 1. The van der Waals surface area contributed by atoms with E-state index in [1.54, 1.807) is 30.3 Å². The molecule has 23 heavy (non-hydrogen) atoms. The molecule has 0 aliphatic carbocycles. The molecule has 0 aliphatic rings. The van der Waals surface area contributed by atoms with E-state index in [2.05, 4.69) is 5.92 Å². The smallest absolute Gasteiger partial charge is 0.326 e. The number of terminal acetylenes is 1. The molecule has 1 atom stereocenters. The van der Waals surface area contributed by atoms with E-state index in [9.17, 15) is 14.7 Å². The molecule has 0 aromatic heterocycles. The Bertz CT molecular complexity index is 704. The summed E-state index contributed by atoms with van der Waals surface area (Å²) in [6.45, 7) is -0.0580. The maximum atomic E-state index is 12.6. The Hall–Kier alpha value is -3.06. The zero-order valence-electron chi connectivity index (χ0n) is 12.6. The Balaban J connectivity index is 2.30. The molecule has 2 aromatic carbocycles. The molecule has 0 spiro atoms. The summed E-state index contributed by atoms with van der Waals surface area (Å²) in [5.41, 5.74) is 1.25. The number of carbonyl (C=O) groups excluding carboxylic acids is 1. The Labute approximate surface area is 135 Å². The van der Waals surface area contributed by atoms with Gasteiger partial charge in [0.05, 0.1) is 6.54 Å². The average Bonchev–Trinajstić information content (AvgIpc) is 2.59. The molecular formula is C19H17NO3. The lowest BCUT2D eigenvalue weighted by Gasteiger charge is -2.27. The van der Waals surface area contributed by atoms with Crippen molar-refractivity contribution in [3.05, 3.63) is 71.8 Å². The van der Waals surface area contributed by atoms with Crippen molar-refractivity contribution in [1.82, 2.24) is 4.90 Å². The Kier molecular flexibility index (Phi) is 5.54. The number of aliphatic carboxylic acids is 1. The average molecular weight is 307 g/mol. The second-order valence-electron chi connectivity index (χ2n) is 5.05. The van der Waals surface area contributed by atoms with Gasteiger partial charge in [-0.05, 0) is 17.7 Å². The first-order valence-electron chi connectivity index (χ1n) is 7.19. The second-order valence-corrected chi connectivity index (χ2v) is 5.05. The predicted molar refractivity (Wildman–Crippen MR) is 87.9 cm³/mol. The number of amides is 1. The summed E-state index contributed by atoms with van der Waals surface area (Å²) >= 11 is 0. The number of carbonyl (C=O) groups is 2. The number of rotatable bonds is 6. The lowest BCUT2D eigenvalue weighted by molar-refractivity contribution is -0.142. The zero-order chi connectivity index (χ0) is 16.7. The first-order chi connectivity index (χ1) is 11.1. The van der Waals surface area contributed by atoms with Crippen molar-refractivity contribution >= 4 is 11.9 Å². The number of carboxylic acid groups (broad SMARTS) is 1. The molecule has 0 aliphatic heterocycles. The minimum absolute atomic E-state index is 0.0580. The summed E-state index contributed by atoms with van der Waals surface area (Å²) in [5.74, 6) is 0.923. The monoisotopic (exact) mass is 307 g/mol. The molecular weight excluding hydrogens is 290 g/mol. The van der Waals surface area contributed by atoms with E-state index >= 15 is 0 Å². The van der Waals surface area contributed by atoms with Crippen LogP contribution in [0.3, 0.4) is 0 Å². The standard InChI is InChI=1S/C19H17NO3/c1-2-13-20(18(21)16-11-7-4-8-12-16)17(19(22)23)14-15-9-5-3-6-10-15/h1,3-12,17H,13-14H2,(H,22,23)/t17-/m1/s1. The Morgan fingerprint density at radius 3 is 2.13 bits per heavy atom. The van der Waals surface area contributed by atoms with Gasteiger partial charge in [-0.1, -0.05) is 54.5 Å². The van der Waals surface area contributed by atoms with Gasteiger partial charge in [-0.25, -0.2) is 4.79 Å². The van der Waals surface area contributed by atoms with Crippen LogP contribution in [0.25, 0.3) is 0 Å². The fourth-order valence-electron chi connectivity index (χ4n) is 2.34. The summed E-state index contributed by atoms with van der Waals surface area (Å²) < 4.78 is 0. The molecule has 0 unspecified atom stereocenters. The lowest BCUT2D eigenvalue weighted by Crippen LogP contribution is -2.46. The van der Waals surface area contributed by atoms with E-state index in [1.807, 2.05) is 30.3 Å². The van der Waals surface area contributed by atoms with Crippen molar-refractivity contribution in [2.45, 2.75) is 12.5 Å². The quantitative estimate of drug-likeness (QED) is 0.834. The van der Waals surface area contributed by atoms with Gasteiger partial charge in [0, 0.05) is 12.0 Å². The van der Waals surface area contributed by atoms with Gasteiger partial charge in [0.25, 0.3) is 5.91 Å². The van der Waals surface area contributed by atoms with Gasteiger partial charge in [0.2, 0.25) is 0 Å². The Morgan fingerprint density at radius 2 is 1.61 bits per heavy atom. The maximum absolute atomic E-state index is 12.6. The topological polar surface area (TPSA) is 57.6 Å². The molecule has 0 fully saturated rings. The van der Waals surface area contributed by atoms with E-state index in [0.717, 1.165) is 5.56 Å². The van der Waals surface area contributed by atoms with Crippen molar-refractivity contribution in [2.75, 3.05) is 6.54 Å². The lowest BCUT2D eigenvalue weighted by atomic mass is 10.0. The zero-order valence-corrected chi connectivity index (χ0v) is 12.6. The van der Waals surface area contributed by atoms with Crippen LogP contribution in [0.2, 0.25) is 0 Å². The summed E-state index contributed by atoms with van der Waals surface area (Å²) in [6, 6.07) is 16.7. The first-order valence-corrected chi connectivity index (χ1v) is 7.19. The summed E-state index contributed by atoms with van der Waals surface area (Å²) in [6.07, 6.45) is 5.54. The fourth-order valence-corrected chi connectivity index (χ4v) is 2.34. The van der Waals surface area contributed by atoms with Crippen LogP contribution in [-0.2, 0) is 11.2 Å². The van der Waals surface area contributed by atoms with Crippen molar-refractivity contribution in [3.63, 3.8) is 0 Å². The molecule has 1 N–H and O–H groups in total. The SMILES string of the molecule is C#CCN(C(=O)c1ccccc1)[C@H](Cc1ccccc1)C(=O)O. The van der Waals surface area contributed by atoms with E-state index in [4.69, 9.17) is 6.42 Å². The Morgan fingerprint density at radius 1 is 1.04 bits per heavy atom. The highest BCUT2D eigenvalue weighted by atomic mass is 16.4. The summed E-state index contributed by atoms with van der Waals surface area (Å²) in [7, 11) is 0. The van der Waals surface area contributed by atoms with Gasteiger partial charge >= 0.3 is 5.97 Å². The molecule has 0 saturated carbocycles. The van der Waals surface area contributed by atoms with Crippen LogP contribution in [0, 0.1) is 12.3 Å². The molecule has 4 nitrogen and oxygen atoms in total. The first kappa shape index (κ1) is 16.3. The van der Waals surface area contributed by atoms with Crippen LogP contribution in [-0.4, -0.2) is 34.5 Å². The molecule has 0 bridgehead atoms. The molecule has 116 valence electrons. The van der Waals surface area contributed by atoms with Crippen LogP contribution in [0.4, 0.5) is 0 Å². The number of carboxylic acids is 1. The normalized spacial score (nSPS) is 11.3. The molecule has 4 heteroatoms. The van der Waals surface area contributed by atoms with Crippen molar-refractivity contribution < 1.29 is 14.7 Å². The molecule has 0 heterocycles. The minimum Gasteiger partial charge on any atom is -0.480 e. The van der Waals surface area contributed by atoms with Gasteiger partial charge in [-0.2, -0.15) is 0 Å². The molecule has 0 saturated heterocycles. The number of hydrogen-bond acceptors (Lipinski definition) is 2. The van der Waals surface area contributed by atoms with E-state index < -0.39 is 12.0 Å². The predicted octanol–water partition coefficient (Wildman–Crippen LogP) is 2.46. The van der Waals surface area contributed by atoms with E-state index in [0.29, 0.717) is 5.56 Å². The number of benzene rings is 2. The third kappa shape index (κ3) is 4.21. The highest BCUT2D eigenvalue weighted by Gasteiger charge is 2.29. The van der Waals surface area contributed by atoms with Gasteiger partial charge in [-0.3, -0.25) is 4.79 Å². The largest absolute Gasteiger partial charge is 0.480 e. The van der Waals surface area contributed by atoms with Gasteiger partial charge in [0.1, 0.15) is 6.04 Å². The highest BCUT2D eigenvalue weighted by molar-refractivity contribution is 5.96. The fraction of sp³-hybridized carbons (Fsp3) is 0.158. The van der Waals surface area contributed by atoms with Crippen LogP contribution in [0.5, 0.6) is 0 Å². The minimum atomic E-state index is -1.08. The second kappa shape index (κ2) is 7.81. The van der Waals surface area contributed by atoms with Gasteiger partial charge in [0.15, 0.2) is 0 Å². The summed E-state index contributed by atoms with van der Waals surface area (Å²) in [5, 5.41) is 9.56. The van der Waals surface area contributed by atoms with Crippen molar-refractivity contribution in [1.29, 1.82) is 0 Å². The van der Waals surface area contributed by atoms with Crippen LogP contribution >= 0.6 is 0 Å². The third-order valence-corrected chi connectivity index (χ3v) is 3.48. The van der Waals surface area contributed by atoms with E-state index in [1.165, 1.54) is 4.90 Å².